The zero-order chi connectivity index (χ0) is 18.8. The van der Waals surface area contributed by atoms with E-state index in [0.717, 1.165) is 12.0 Å². The highest BCUT2D eigenvalue weighted by Gasteiger charge is 2.34. The third-order valence-corrected chi connectivity index (χ3v) is 5.06. The Morgan fingerprint density at radius 1 is 1.15 bits per heavy atom. The highest BCUT2D eigenvalue weighted by molar-refractivity contribution is 6.30. The first-order valence-corrected chi connectivity index (χ1v) is 9.19. The number of fused-ring (bicyclic) bond motifs is 1. The van der Waals surface area contributed by atoms with Gasteiger partial charge in [-0.05, 0) is 36.2 Å². The van der Waals surface area contributed by atoms with Crippen molar-refractivity contribution in [2.24, 2.45) is 5.92 Å². The molecule has 2 aliphatic rings. The van der Waals surface area contributed by atoms with Gasteiger partial charge in [0.2, 0.25) is 18.6 Å². The lowest BCUT2D eigenvalue weighted by Crippen LogP contribution is -2.30. The smallest absolute Gasteiger partial charge is 0.231 e. The third-order valence-electron chi connectivity index (χ3n) is 4.81. The van der Waals surface area contributed by atoms with Crippen molar-refractivity contribution in [1.82, 2.24) is 4.90 Å². The molecule has 1 saturated heterocycles. The fraction of sp³-hybridized carbons (Fsp3) is 0.300. The number of anilines is 1. The quantitative estimate of drug-likeness (QED) is 0.857. The van der Waals surface area contributed by atoms with Gasteiger partial charge in [-0.3, -0.25) is 9.59 Å². The van der Waals surface area contributed by atoms with E-state index in [9.17, 15) is 9.59 Å². The van der Waals surface area contributed by atoms with Gasteiger partial charge in [0, 0.05) is 36.3 Å². The highest BCUT2D eigenvalue weighted by Crippen LogP contribution is 2.34. The minimum atomic E-state index is -0.354. The van der Waals surface area contributed by atoms with Crippen LogP contribution in [0.25, 0.3) is 0 Å². The Morgan fingerprint density at radius 2 is 1.93 bits per heavy atom. The number of halogens is 1. The van der Waals surface area contributed by atoms with Gasteiger partial charge in [0.1, 0.15) is 0 Å². The third kappa shape index (κ3) is 4.01. The van der Waals surface area contributed by atoms with Crippen LogP contribution >= 0.6 is 11.6 Å². The van der Waals surface area contributed by atoms with Crippen molar-refractivity contribution in [3.63, 3.8) is 0 Å². The molecule has 1 fully saturated rings. The van der Waals surface area contributed by atoms with E-state index in [1.54, 1.807) is 23.1 Å². The van der Waals surface area contributed by atoms with Crippen LogP contribution in [0.2, 0.25) is 5.02 Å². The van der Waals surface area contributed by atoms with E-state index in [1.807, 2.05) is 24.3 Å². The van der Waals surface area contributed by atoms with E-state index in [1.165, 1.54) is 0 Å². The number of likely N-dealkylation sites (tertiary alicyclic amines) is 1. The molecule has 2 aromatic rings. The summed E-state index contributed by atoms with van der Waals surface area (Å²) in [5, 5.41) is 3.56. The maximum Gasteiger partial charge on any atom is 0.231 e. The predicted octanol–water partition coefficient (Wildman–Crippen LogP) is 3.10. The molecule has 0 aromatic heterocycles. The Bertz CT molecular complexity index is 869. The number of hydrogen-bond donors (Lipinski definition) is 1. The summed E-state index contributed by atoms with van der Waals surface area (Å²) in [5.41, 5.74) is 1.75. The first kappa shape index (κ1) is 17.7. The summed E-state index contributed by atoms with van der Waals surface area (Å²) in [6, 6.07) is 12.8. The highest BCUT2D eigenvalue weighted by atomic mass is 35.5. The average Bonchev–Trinajstić information content (AvgIpc) is 3.27. The lowest BCUT2D eigenvalue weighted by molar-refractivity contribution is -0.128. The van der Waals surface area contributed by atoms with Crippen LogP contribution in [0, 0.1) is 5.92 Å². The second-order valence-electron chi connectivity index (χ2n) is 6.67. The van der Waals surface area contributed by atoms with Crippen LogP contribution in [0.4, 0.5) is 5.69 Å². The van der Waals surface area contributed by atoms with Crippen molar-refractivity contribution in [1.29, 1.82) is 0 Å². The van der Waals surface area contributed by atoms with Gasteiger partial charge < -0.3 is 19.7 Å². The second-order valence-corrected chi connectivity index (χ2v) is 7.11. The molecule has 7 heteroatoms. The monoisotopic (exact) mass is 386 g/mol. The van der Waals surface area contributed by atoms with Gasteiger partial charge in [-0.15, -0.1) is 0 Å². The first-order chi connectivity index (χ1) is 13.1. The number of benzene rings is 2. The normalized spacial score (nSPS) is 18.0. The SMILES string of the molecule is O=C(Nc1ccc2c(c1)OCO2)C1CC(=O)N(CCc2ccc(Cl)cc2)C1. The van der Waals surface area contributed by atoms with E-state index >= 15 is 0 Å². The average molecular weight is 387 g/mol. The predicted molar refractivity (Wildman–Crippen MR) is 101 cm³/mol. The van der Waals surface area contributed by atoms with Gasteiger partial charge in [-0.2, -0.15) is 0 Å². The van der Waals surface area contributed by atoms with E-state index < -0.39 is 0 Å². The zero-order valence-corrected chi connectivity index (χ0v) is 15.4. The van der Waals surface area contributed by atoms with Crippen molar-refractivity contribution in [2.75, 3.05) is 25.2 Å². The Morgan fingerprint density at radius 3 is 2.74 bits per heavy atom. The molecule has 0 spiro atoms. The van der Waals surface area contributed by atoms with Gasteiger partial charge in [0.05, 0.1) is 5.92 Å². The number of carbonyl (C=O) groups is 2. The maximum atomic E-state index is 12.5. The zero-order valence-electron chi connectivity index (χ0n) is 14.6. The number of nitrogens with one attached hydrogen (secondary N) is 1. The number of hydrogen-bond acceptors (Lipinski definition) is 4. The lowest BCUT2D eigenvalue weighted by atomic mass is 10.1. The molecule has 1 N–H and O–H groups in total. The summed E-state index contributed by atoms with van der Waals surface area (Å²) in [6.45, 7) is 1.21. The topological polar surface area (TPSA) is 67.9 Å². The van der Waals surface area contributed by atoms with Crippen LogP contribution < -0.4 is 14.8 Å². The minimum Gasteiger partial charge on any atom is -0.454 e. The van der Waals surface area contributed by atoms with Crippen LogP contribution in [0.1, 0.15) is 12.0 Å². The van der Waals surface area contributed by atoms with Crippen LogP contribution in [0.15, 0.2) is 42.5 Å². The number of ether oxygens (including phenoxy) is 2. The van der Waals surface area contributed by atoms with Crippen LogP contribution in [0.3, 0.4) is 0 Å². The first-order valence-electron chi connectivity index (χ1n) is 8.81. The number of carbonyl (C=O) groups excluding carboxylic acids is 2. The largest absolute Gasteiger partial charge is 0.454 e. The van der Waals surface area contributed by atoms with Crippen molar-refractivity contribution in [2.45, 2.75) is 12.8 Å². The fourth-order valence-corrected chi connectivity index (χ4v) is 3.42. The van der Waals surface area contributed by atoms with Crippen molar-refractivity contribution >= 4 is 29.1 Å². The molecule has 1 unspecified atom stereocenters. The summed E-state index contributed by atoms with van der Waals surface area (Å²) in [5.74, 6) is 0.774. The molecule has 0 radical (unpaired) electrons. The number of rotatable bonds is 5. The minimum absolute atomic E-state index is 0.00907. The van der Waals surface area contributed by atoms with Gasteiger partial charge in [-0.1, -0.05) is 23.7 Å². The van der Waals surface area contributed by atoms with Crippen molar-refractivity contribution < 1.29 is 19.1 Å². The molecular formula is C20H19ClN2O4. The van der Waals surface area contributed by atoms with Gasteiger partial charge >= 0.3 is 0 Å². The van der Waals surface area contributed by atoms with E-state index in [2.05, 4.69) is 5.32 Å². The summed E-state index contributed by atoms with van der Waals surface area (Å²) >= 11 is 5.89. The molecule has 4 rings (SSSR count). The summed E-state index contributed by atoms with van der Waals surface area (Å²) in [6.07, 6.45) is 0.969. The van der Waals surface area contributed by atoms with E-state index in [4.69, 9.17) is 21.1 Å². The Hall–Kier alpha value is -2.73. The Balaban J connectivity index is 1.32. The van der Waals surface area contributed by atoms with E-state index in [-0.39, 0.29) is 30.9 Å². The summed E-state index contributed by atoms with van der Waals surface area (Å²) in [7, 11) is 0. The van der Waals surface area contributed by atoms with Gasteiger partial charge in [0.15, 0.2) is 11.5 Å². The lowest BCUT2D eigenvalue weighted by Gasteiger charge is -2.16. The van der Waals surface area contributed by atoms with E-state index in [0.29, 0.717) is 35.3 Å². The molecule has 2 aromatic carbocycles. The second kappa shape index (κ2) is 7.48. The van der Waals surface area contributed by atoms with Crippen LogP contribution in [0.5, 0.6) is 11.5 Å². The molecule has 1 atom stereocenters. The molecule has 140 valence electrons. The van der Waals surface area contributed by atoms with Gasteiger partial charge in [0.25, 0.3) is 0 Å². The Kier molecular flexibility index (Phi) is 4.90. The Labute approximate surface area is 162 Å². The molecule has 2 amide bonds. The molecule has 0 bridgehead atoms. The van der Waals surface area contributed by atoms with Crippen molar-refractivity contribution in [3.8, 4) is 11.5 Å². The summed E-state index contributed by atoms with van der Waals surface area (Å²) < 4.78 is 10.6. The van der Waals surface area contributed by atoms with Gasteiger partial charge in [-0.25, -0.2) is 0 Å². The maximum absolute atomic E-state index is 12.5. The fourth-order valence-electron chi connectivity index (χ4n) is 3.30. The molecule has 0 aliphatic carbocycles. The molecular weight excluding hydrogens is 368 g/mol. The van der Waals surface area contributed by atoms with Crippen LogP contribution in [-0.2, 0) is 16.0 Å². The van der Waals surface area contributed by atoms with Crippen molar-refractivity contribution in [3.05, 3.63) is 53.1 Å². The summed E-state index contributed by atoms with van der Waals surface area (Å²) in [4.78, 5) is 26.5. The van der Waals surface area contributed by atoms with Crippen LogP contribution in [-0.4, -0.2) is 36.6 Å². The number of nitrogens with zero attached hydrogens (tertiary/aromatic N) is 1. The molecule has 2 heterocycles. The molecule has 6 nitrogen and oxygen atoms in total. The molecule has 2 aliphatic heterocycles. The number of amides is 2. The standard InChI is InChI=1S/C20H19ClN2O4/c21-15-3-1-13(2-4-15)7-8-23-11-14(9-19(23)24)20(25)22-16-5-6-17-18(10-16)27-12-26-17/h1-6,10,14H,7-9,11-12H2,(H,22,25). The molecule has 0 saturated carbocycles. The molecule has 27 heavy (non-hydrogen) atoms.